The zero-order valence-electron chi connectivity index (χ0n) is 10.8. The molecule has 0 aliphatic carbocycles. The van der Waals surface area contributed by atoms with Gasteiger partial charge in [0.25, 0.3) is 5.91 Å². The van der Waals surface area contributed by atoms with Crippen LogP contribution >= 0.6 is 0 Å². The molecule has 1 aliphatic heterocycles. The van der Waals surface area contributed by atoms with Crippen molar-refractivity contribution in [3.63, 3.8) is 0 Å². The van der Waals surface area contributed by atoms with Crippen molar-refractivity contribution in [2.45, 2.75) is 19.8 Å². The molecule has 2 rings (SSSR count). The molecule has 0 radical (unpaired) electrons. The molecule has 0 unspecified atom stereocenters. The summed E-state index contributed by atoms with van der Waals surface area (Å²) in [5.41, 5.74) is 1.67. The van der Waals surface area contributed by atoms with E-state index in [0.717, 1.165) is 37.3 Å². The Balaban J connectivity index is 2.06. The number of likely N-dealkylation sites (tertiary alicyclic amines) is 1. The number of carbonyl (C=O) groups is 1. The van der Waals surface area contributed by atoms with Crippen LogP contribution in [0.15, 0.2) is 36.4 Å². The Morgan fingerprint density at radius 2 is 2.11 bits per heavy atom. The van der Waals surface area contributed by atoms with Crippen molar-refractivity contribution in [3.8, 4) is 5.75 Å². The first-order valence-corrected chi connectivity index (χ1v) is 6.33. The predicted octanol–water partition coefficient (Wildman–Crippen LogP) is 2.88. The zero-order valence-corrected chi connectivity index (χ0v) is 10.8. The lowest BCUT2D eigenvalue weighted by molar-refractivity contribution is 0.0792. The minimum absolute atomic E-state index is 0.105. The molecule has 1 aliphatic rings. The van der Waals surface area contributed by atoms with Gasteiger partial charge in [-0.15, -0.1) is 0 Å². The fourth-order valence-electron chi connectivity index (χ4n) is 2.03. The second-order valence-corrected chi connectivity index (χ2v) is 4.77. The highest BCUT2D eigenvalue weighted by molar-refractivity contribution is 5.94. The summed E-state index contributed by atoms with van der Waals surface area (Å²) in [5, 5.41) is 0. The monoisotopic (exact) mass is 245 g/mol. The van der Waals surface area contributed by atoms with E-state index in [1.165, 1.54) is 0 Å². The number of hydrogen-bond donors (Lipinski definition) is 0. The summed E-state index contributed by atoms with van der Waals surface area (Å²) in [5.74, 6) is 0.830. The largest absolute Gasteiger partial charge is 0.489 e. The quantitative estimate of drug-likeness (QED) is 0.763. The van der Waals surface area contributed by atoms with Crippen LogP contribution in [0, 0.1) is 0 Å². The van der Waals surface area contributed by atoms with E-state index in [1.807, 2.05) is 36.1 Å². The Kier molecular flexibility index (Phi) is 4.03. The van der Waals surface area contributed by atoms with Crippen LogP contribution in [0.5, 0.6) is 5.75 Å². The van der Waals surface area contributed by atoms with E-state index in [-0.39, 0.29) is 5.91 Å². The van der Waals surface area contributed by atoms with Crippen LogP contribution in [0.25, 0.3) is 0 Å². The van der Waals surface area contributed by atoms with E-state index < -0.39 is 0 Å². The summed E-state index contributed by atoms with van der Waals surface area (Å²) in [6.07, 6.45) is 2.22. The Labute approximate surface area is 108 Å². The van der Waals surface area contributed by atoms with Crippen molar-refractivity contribution < 1.29 is 9.53 Å². The molecular weight excluding hydrogens is 226 g/mol. The van der Waals surface area contributed by atoms with Crippen LogP contribution in [-0.2, 0) is 0 Å². The summed E-state index contributed by atoms with van der Waals surface area (Å²) in [6, 6.07) is 7.37. The third kappa shape index (κ3) is 3.13. The first-order valence-electron chi connectivity index (χ1n) is 6.33. The summed E-state index contributed by atoms with van der Waals surface area (Å²) in [6.45, 7) is 7.94. The Morgan fingerprint density at radius 1 is 1.39 bits per heavy atom. The van der Waals surface area contributed by atoms with Gasteiger partial charge >= 0.3 is 0 Å². The third-order valence-corrected chi connectivity index (χ3v) is 2.96. The minimum Gasteiger partial charge on any atom is -0.489 e. The van der Waals surface area contributed by atoms with Gasteiger partial charge in [-0.1, -0.05) is 12.6 Å². The van der Waals surface area contributed by atoms with Crippen LogP contribution in [0.4, 0.5) is 0 Å². The first-order chi connectivity index (χ1) is 8.66. The average molecular weight is 245 g/mol. The van der Waals surface area contributed by atoms with Gasteiger partial charge in [-0.25, -0.2) is 0 Å². The number of nitrogens with zero attached hydrogens (tertiary/aromatic N) is 1. The Morgan fingerprint density at radius 3 is 2.78 bits per heavy atom. The van der Waals surface area contributed by atoms with Crippen LogP contribution < -0.4 is 4.74 Å². The Hall–Kier alpha value is -1.77. The normalized spacial score (nSPS) is 14.6. The van der Waals surface area contributed by atoms with Crippen LogP contribution in [0.3, 0.4) is 0 Å². The number of carbonyl (C=O) groups excluding carboxylic acids is 1. The summed E-state index contributed by atoms with van der Waals surface area (Å²) >= 11 is 0. The SMILES string of the molecule is C=C(C)COc1cccc(C(=O)N2CCCC2)c1. The average Bonchev–Trinajstić information content (AvgIpc) is 2.89. The second kappa shape index (κ2) is 5.71. The van der Waals surface area contributed by atoms with E-state index in [2.05, 4.69) is 6.58 Å². The number of benzene rings is 1. The number of hydrogen-bond acceptors (Lipinski definition) is 2. The van der Waals surface area contributed by atoms with Crippen LogP contribution in [0.2, 0.25) is 0 Å². The van der Waals surface area contributed by atoms with E-state index in [0.29, 0.717) is 12.2 Å². The molecule has 96 valence electrons. The van der Waals surface area contributed by atoms with Gasteiger partial charge in [-0.05, 0) is 43.5 Å². The molecule has 1 aromatic rings. The van der Waals surface area contributed by atoms with Gasteiger partial charge < -0.3 is 9.64 Å². The molecule has 1 aromatic carbocycles. The lowest BCUT2D eigenvalue weighted by Crippen LogP contribution is -2.27. The van der Waals surface area contributed by atoms with Gasteiger partial charge in [-0.3, -0.25) is 4.79 Å². The molecule has 1 fully saturated rings. The van der Waals surface area contributed by atoms with Crippen LogP contribution in [0.1, 0.15) is 30.1 Å². The third-order valence-electron chi connectivity index (χ3n) is 2.96. The minimum atomic E-state index is 0.105. The lowest BCUT2D eigenvalue weighted by atomic mass is 10.2. The topological polar surface area (TPSA) is 29.5 Å². The zero-order chi connectivity index (χ0) is 13.0. The summed E-state index contributed by atoms with van der Waals surface area (Å²) in [7, 11) is 0. The highest BCUT2D eigenvalue weighted by atomic mass is 16.5. The molecule has 0 N–H and O–H groups in total. The molecule has 0 aromatic heterocycles. The molecule has 3 nitrogen and oxygen atoms in total. The van der Waals surface area contributed by atoms with Crippen molar-refractivity contribution in [2.24, 2.45) is 0 Å². The van der Waals surface area contributed by atoms with Crippen molar-refractivity contribution in [2.75, 3.05) is 19.7 Å². The number of rotatable bonds is 4. The van der Waals surface area contributed by atoms with Crippen molar-refractivity contribution >= 4 is 5.91 Å². The van der Waals surface area contributed by atoms with E-state index in [1.54, 1.807) is 0 Å². The molecule has 1 saturated heterocycles. The molecule has 0 spiro atoms. The van der Waals surface area contributed by atoms with Gasteiger partial charge in [0.2, 0.25) is 0 Å². The highest BCUT2D eigenvalue weighted by Gasteiger charge is 2.19. The van der Waals surface area contributed by atoms with Gasteiger partial charge in [0, 0.05) is 18.7 Å². The van der Waals surface area contributed by atoms with E-state index >= 15 is 0 Å². The number of ether oxygens (including phenoxy) is 1. The summed E-state index contributed by atoms with van der Waals surface area (Å²) < 4.78 is 5.55. The van der Waals surface area contributed by atoms with Crippen molar-refractivity contribution in [1.82, 2.24) is 4.90 Å². The van der Waals surface area contributed by atoms with Gasteiger partial charge in [0.15, 0.2) is 0 Å². The van der Waals surface area contributed by atoms with Crippen molar-refractivity contribution in [3.05, 3.63) is 42.0 Å². The standard InChI is InChI=1S/C15H19NO2/c1-12(2)11-18-14-7-5-6-13(10-14)15(17)16-8-3-4-9-16/h5-7,10H,1,3-4,8-9,11H2,2H3. The second-order valence-electron chi connectivity index (χ2n) is 4.77. The molecule has 0 bridgehead atoms. The predicted molar refractivity (Wildman–Crippen MR) is 71.9 cm³/mol. The molecule has 0 saturated carbocycles. The van der Waals surface area contributed by atoms with Gasteiger partial charge in [-0.2, -0.15) is 0 Å². The maximum absolute atomic E-state index is 12.2. The maximum atomic E-state index is 12.2. The highest BCUT2D eigenvalue weighted by Crippen LogP contribution is 2.18. The fraction of sp³-hybridized carbons (Fsp3) is 0.400. The fourth-order valence-corrected chi connectivity index (χ4v) is 2.03. The van der Waals surface area contributed by atoms with E-state index in [4.69, 9.17) is 4.74 Å². The van der Waals surface area contributed by atoms with Crippen molar-refractivity contribution in [1.29, 1.82) is 0 Å². The number of amides is 1. The molecule has 3 heteroatoms. The molecule has 0 atom stereocenters. The molecule has 1 heterocycles. The maximum Gasteiger partial charge on any atom is 0.253 e. The van der Waals surface area contributed by atoms with Gasteiger partial charge in [0.05, 0.1) is 0 Å². The van der Waals surface area contributed by atoms with Crippen LogP contribution in [-0.4, -0.2) is 30.5 Å². The lowest BCUT2D eigenvalue weighted by Gasteiger charge is -2.15. The van der Waals surface area contributed by atoms with Gasteiger partial charge in [0.1, 0.15) is 12.4 Å². The summed E-state index contributed by atoms with van der Waals surface area (Å²) in [4.78, 5) is 14.1. The van der Waals surface area contributed by atoms with E-state index in [9.17, 15) is 4.79 Å². The Bertz CT molecular complexity index is 448. The smallest absolute Gasteiger partial charge is 0.253 e. The molecule has 18 heavy (non-hydrogen) atoms. The molecule has 1 amide bonds. The first kappa shape index (κ1) is 12.7. The molecular formula is C15H19NO2.